The lowest BCUT2D eigenvalue weighted by atomic mass is 10.3. The highest BCUT2D eigenvalue weighted by Gasteiger charge is 2.05. The molecular formula is C12H14N4OS. The number of aromatic nitrogens is 3. The summed E-state index contributed by atoms with van der Waals surface area (Å²) in [5, 5.41) is 4.18. The monoisotopic (exact) mass is 262 g/mol. The fourth-order valence-electron chi connectivity index (χ4n) is 1.36. The number of hydrogen-bond acceptors (Lipinski definition) is 4. The Balaban J connectivity index is 2.10. The van der Waals surface area contributed by atoms with E-state index in [9.17, 15) is 0 Å². The van der Waals surface area contributed by atoms with Gasteiger partial charge in [0.05, 0.1) is 12.4 Å². The van der Waals surface area contributed by atoms with Crippen molar-refractivity contribution in [2.45, 2.75) is 19.9 Å². The first-order valence-electron chi connectivity index (χ1n) is 5.54. The molecule has 2 heterocycles. The van der Waals surface area contributed by atoms with Crippen molar-refractivity contribution < 1.29 is 4.74 Å². The molecule has 0 fully saturated rings. The quantitative estimate of drug-likeness (QED) is 0.856. The molecule has 0 spiro atoms. The average molecular weight is 262 g/mol. The summed E-state index contributed by atoms with van der Waals surface area (Å²) < 4.78 is 7.38. The Kier molecular flexibility index (Phi) is 3.57. The maximum Gasteiger partial charge on any atom is 0.219 e. The average Bonchev–Trinajstić information content (AvgIpc) is 2.78. The minimum absolute atomic E-state index is 0.298. The van der Waals surface area contributed by atoms with Crippen LogP contribution in [0.3, 0.4) is 0 Å². The lowest BCUT2D eigenvalue weighted by Crippen LogP contribution is -2.09. The van der Waals surface area contributed by atoms with E-state index in [0.29, 0.717) is 22.7 Å². The third-order valence-electron chi connectivity index (χ3n) is 2.35. The summed E-state index contributed by atoms with van der Waals surface area (Å²) in [7, 11) is 0. The number of hydrogen-bond donors (Lipinski definition) is 1. The molecule has 0 aliphatic rings. The Bertz CT molecular complexity index is 547. The van der Waals surface area contributed by atoms with E-state index in [1.807, 2.05) is 24.7 Å². The summed E-state index contributed by atoms with van der Waals surface area (Å²) in [6.07, 6.45) is 5.07. The van der Waals surface area contributed by atoms with Crippen LogP contribution >= 0.6 is 12.2 Å². The minimum Gasteiger partial charge on any atom is -0.436 e. The highest BCUT2D eigenvalue weighted by molar-refractivity contribution is 7.80. The fraction of sp³-hybridized carbons (Fsp3) is 0.250. The second kappa shape index (κ2) is 5.14. The van der Waals surface area contributed by atoms with Gasteiger partial charge in [-0.15, -0.1) is 0 Å². The van der Waals surface area contributed by atoms with Crippen LogP contribution in [0.15, 0.2) is 30.7 Å². The summed E-state index contributed by atoms with van der Waals surface area (Å²) in [6, 6.07) is 3.80. The van der Waals surface area contributed by atoms with Gasteiger partial charge in [0.25, 0.3) is 0 Å². The van der Waals surface area contributed by atoms with Gasteiger partial charge >= 0.3 is 0 Å². The van der Waals surface area contributed by atoms with Crippen LogP contribution in [0.4, 0.5) is 0 Å². The van der Waals surface area contributed by atoms with E-state index in [2.05, 4.69) is 10.1 Å². The van der Waals surface area contributed by atoms with E-state index in [4.69, 9.17) is 22.7 Å². The largest absolute Gasteiger partial charge is 0.436 e. The zero-order valence-corrected chi connectivity index (χ0v) is 11.0. The van der Waals surface area contributed by atoms with Crippen LogP contribution < -0.4 is 10.5 Å². The van der Waals surface area contributed by atoms with Crippen LogP contribution in [0, 0.1) is 0 Å². The first-order chi connectivity index (χ1) is 8.56. The van der Waals surface area contributed by atoms with Crippen LogP contribution in [0.25, 0.3) is 0 Å². The Morgan fingerprint density at radius 2 is 2.17 bits per heavy atom. The second-order valence-corrected chi connectivity index (χ2v) is 4.54. The van der Waals surface area contributed by atoms with E-state index in [1.165, 1.54) is 0 Å². The number of rotatable bonds is 4. The smallest absolute Gasteiger partial charge is 0.219 e. The molecule has 2 aromatic heterocycles. The van der Waals surface area contributed by atoms with E-state index in [0.717, 1.165) is 5.56 Å². The topological polar surface area (TPSA) is 66.0 Å². The van der Waals surface area contributed by atoms with Gasteiger partial charge in [0, 0.05) is 23.9 Å². The van der Waals surface area contributed by atoms with Crippen molar-refractivity contribution in [3.05, 3.63) is 36.3 Å². The van der Waals surface area contributed by atoms with Crippen molar-refractivity contribution in [1.29, 1.82) is 0 Å². The standard InChI is InChI=1S/C12H14N4OS/c1-8(2)16-7-10(6-15-16)17-11-4-3-9(5-14-11)12(13)18/h3-8H,1-2H3,(H2,13,18). The third-order valence-corrected chi connectivity index (χ3v) is 2.59. The van der Waals surface area contributed by atoms with Gasteiger partial charge in [0.2, 0.25) is 5.88 Å². The van der Waals surface area contributed by atoms with Crippen molar-refractivity contribution in [2.75, 3.05) is 0 Å². The van der Waals surface area contributed by atoms with E-state index in [-0.39, 0.29) is 0 Å². The first-order valence-corrected chi connectivity index (χ1v) is 5.95. The molecule has 0 atom stereocenters. The van der Waals surface area contributed by atoms with Crippen molar-refractivity contribution in [2.24, 2.45) is 5.73 Å². The van der Waals surface area contributed by atoms with Crippen LogP contribution in [0.1, 0.15) is 25.5 Å². The van der Waals surface area contributed by atoms with Crippen molar-refractivity contribution in [1.82, 2.24) is 14.8 Å². The van der Waals surface area contributed by atoms with E-state index >= 15 is 0 Å². The van der Waals surface area contributed by atoms with E-state index in [1.54, 1.807) is 24.5 Å². The van der Waals surface area contributed by atoms with Crippen molar-refractivity contribution in [3.63, 3.8) is 0 Å². The first kappa shape index (κ1) is 12.5. The molecule has 0 radical (unpaired) electrons. The maximum absolute atomic E-state index is 5.57. The van der Waals surface area contributed by atoms with Gasteiger partial charge in [0.15, 0.2) is 5.75 Å². The molecule has 5 nitrogen and oxygen atoms in total. The molecule has 0 amide bonds. The molecule has 0 saturated carbocycles. The summed E-state index contributed by atoms with van der Waals surface area (Å²) in [4.78, 5) is 4.44. The molecular weight excluding hydrogens is 248 g/mol. The summed E-state index contributed by atoms with van der Waals surface area (Å²) >= 11 is 4.85. The van der Waals surface area contributed by atoms with Gasteiger partial charge < -0.3 is 10.5 Å². The van der Waals surface area contributed by atoms with Gasteiger partial charge in [-0.25, -0.2) is 4.98 Å². The predicted molar refractivity (Wildman–Crippen MR) is 72.8 cm³/mol. The molecule has 0 aliphatic carbocycles. The normalized spacial score (nSPS) is 10.6. The van der Waals surface area contributed by atoms with Crippen LogP contribution in [0.5, 0.6) is 11.6 Å². The minimum atomic E-state index is 0.298. The number of ether oxygens (including phenoxy) is 1. The lowest BCUT2D eigenvalue weighted by Gasteiger charge is -2.04. The Morgan fingerprint density at radius 1 is 1.39 bits per heavy atom. The molecule has 2 aromatic rings. The molecule has 0 bridgehead atoms. The molecule has 6 heteroatoms. The SMILES string of the molecule is CC(C)n1cc(Oc2ccc(C(N)=S)cn2)cn1. The summed E-state index contributed by atoms with van der Waals surface area (Å²) in [6.45, 7) is 4.10. The Labute approximate surface area is 111 Å². The van der Waals surface area contributed by atoms with Gasteiger partial charge in [0.1, 0.15) is 4.99 Å². The Morgan fingerprint density at radius 3 is 2.67 bits per heavy atom. The molecule has 0 unspecified atom stereocenters. The molecule has 0 saturated heterocycles. The van der Waals surface area contributed by atoms with Crippen molar-refractivity contribution in [3.8, 4) is 11.6 Å². The van der Waals surface area contributed by atoms with Crippen LogP contribution in [-0.2, 0) is 0 Å². The molecule has 0 aliphatic heterocycles. The second-order valence-electron chi connectivity index (χ2n) is 4.10. The van der Waals surface area contributed by atoms with Gasteiger partial charge in [-0.05, 0) is 19.9 Å². The number of nitrogens with zero attached hydrogens (tertiary/aromatic N) is 3. The van der Waals surface area contributed by atoms with Crippen LogP contribution in [0.2, 0.25) is 0 Å². The zero-order valence-electron chi connectivity index (χ0n) is 10.2. The highest BCUT2D eigenvalue weighted by atomic mass is 32.1. The van der Waals surface area contributed by atoms with Gasteiger partial charge in [-0.2, -0.15) is 5.10 Å². The molecule has 94 valence electrons. The maximum atomic E-state index is 5.57. The zero-order chi connectivity index (χ0) is 13.1. The molecule has 2 rings (SSSR count). The third kappa shape index (κ3) is 2.84. The number of thiocarbonyl (C=S) groups is 1. The number of pyridine rings is 1. The van der Waals surface area contributed by atoms with Crippen molar-refractivity contribution >= 4 is 17.2 Å². The Hall–Kier alpha value is -1.95. The molecule has 18 heavy (non-hydrogen) atoms. The molecule has 0 aromatic carbocycles. The van der Waals surface area contributed by atoms with Crippen LogP contribution in [-0.4, -0.2) is 19.8 Å². The fourth-order valence-corrected chi connectivity index (χ4v) is 1.48. The van der Waals surface area contributed by atoms with E-state index < -0.39 is 0 Å². The summed E-state index contributed by atoms with van der Waals surface area (Å²) in [5.41, 5.74) is 6.21. The lowest BCUT2D eigenvalue weighted by molar-refractivity contribution is 0.459. The van der Waals surface area contributed by atoms with Gasteiger partial charge in [-0.1, -0.05) is 12.2 Å². The predicted octanol–water partition coefficient (Wildman–Crippen LogP) is 2.29. The van der Waals surface area contributed by atoms with Gasteiger partial charge in [-0.3, -0.25) is 4.68 Å². The highest BCUT2D eigenvalue weighted by Crippen LogP contribution is 2.19. The molecule has 2 N–H and O–H groups in total. The number of nitrogens with two attached hydrogens (primary N) is 1. The summed E-state index contributed by atoms with van der Waals surface area (Å²) in [5.74, 6) is 1.14.